The number of esters is 1. The quantitative estimate of drug-likeness (QED) is 0.861. The fourth-order valence-corrected chi connectivity index (χ4v) is 2.52. The van der Waals surface area contributed by atoms with Gasteiger partial charge in [-0.25, -0.2) is 14.2 Å². The molecule has 2 N–H and O–H groups in total. The number of hydrogen-bond acceptors (Lipinski definition) is 5. The summed E-state index contributed by atoms with van der Waals surface area (Å²) < 4.78 is 24.4. The largest absolute Gasteiger partial charge is 0.493 e. The highest BCUT2D eigenvalue weighted by Crippen LogP contribution is 2.35. The molecule has 0 atom stereocenters. The van der Waals surface area contributed by atoms with E-state index in [1.54, 1.807) is 18.2 Å². The number of nitrogens with two attached hydrogens (primary N) is 1. The number of benzene rings is 1. The second-order valence-electron chi connectivity index (χ2n) is 4.76. The second kappa shape index (κ2) is 5.46. The van der Waals surface area contributed by atoms with Crippen LogP contribution in [0.2, 0.25) is 5.02 Å². The summed E-state index contributed by atoms with van der Waals surface area (Å²) in [6.07, 6.45) is 0.734. The summed E-state index contributed by atoms with van der Waals surface area (Å²) in [5.74, 6) is -0.779. The van der Waals surface area contributed by atoms with Gasteiger partial charge in [0.2, 0.25) is 0 Å². The highest BCUT2D eigenvalue weighted by atomic mass is 35.5. The average Bonchev–Trinajstić information content (AvgIpc) is 2.99. The number of halogens is 2. The van der Waals surface area contributed by atoms with Crippen molar-refractivity contribution in [2.45, 2.75) is 6.42 Å². The van der Waals surface area contributed by atoms with Crippen molar-refractivity contribution < 1.29 is 18.7 Å². The monoisotopic (exact) mass is 322 g/mol. The van der Waals surface area contributed by atoms with Crippen LogP contribution in [0, 0.1) is 5.82 Å². The summed E-state index contributed by atoms with van der Waals surface area (Å²) in [6.45, 7) is 0.588. The number of rotatable bonds is 2. The van der Waals surface area contributed by atoms with Crippen LogP contribution in [0.4, 0.5) is 10.1 Å². The minimum atomic E-state index is -0.776. The Kier molecular flexibility index (Phi) is 3.62. The van der Waals surface area contributed by atoms with E-state index < -0.39 is 11.8 Å². The molecule has 0 radical (unpaired) electrons. The molecule has 5 nitrogen and oxygen atoms in total. The zero-order chi connectivity index (χ0) is 15.9. The van der Waals surface area contributed by atoms with Crippen molar-refractivity contribution in [3.05, 3.63) is 40.3 Å². The number of nitrogen functional groups attached to an aromatic ring is 1. The first kappa shape index (κ1) is 14.6. The van der Waals surface area contributed by atoms with Crippen molar-refractivity contribution in [2.24, 2.45) is 0 Å². The molecule has 0 saturated carbocycles. The number of hydrogen-bond donors (Lipinski definition) is 1. The number of aromatic nitrogens is 1. The molecule has 3 rings (SSSR count). The summed E-state index contributed by atoms with van der Waals surface area (Å²) >= 11 is 5.88. The molecule has 22 heavy (non-hydrogen) atoms. The molecule has 0 saturated heterocycles. The number of fused-ring (bicyclic) bond motifs is 1. The average molecular weight is 323 g/mol. The Morgan fingerprint density at radius 2 is 2.27 bits per heavy atom. The van der Waals surface area contributed by atoms with Crippen molar-refractivity contribution in [2.75, 3.05) is 19.5 Å². The Morgan fingerprint density at radius 3 is 3.00 bits per heavy atom. The topological polar surface area (TPSA) is 74.4 Å². The van der Waals surface area contributed by atoms with Crippen molar-refractivity contribution in [1.29, 1.82) is 0 Å². The Balaban J connectivity index is 2.18. The lowest BCUT2D eigenvalue weighted by atomic mass is 10.0. The Hall–Kier alpha value is -2.34. The van der Waals surface area contributed by atoms with Crippen LogP contribution in [0.3, 0.4) is 0 Å². The maximum absolute atomic E-state index is 14.4. The van der Waals surface area contributed by atoms with E-state index in [-0.39, 0.29) is 22.1 Å². The predicted molar refractivity (Wildman–Crippen MR) is 79.6 cm³/mol. The molecule has 1 aliphatic heterocycles. The number of carbonyl (C=O) groups is 1. The van der Waals surface area contributed by atoms with Crippen molar-refractivity contribution in [3.8, 4) is 17.0 Å². The third kappa shape index (κ3) is 2.25. The molecular weight excluding hydrogens is 311 g/mol. The predicted octanol–water partition coefficient (Wildman–Crippen LogP) is 2.84. The summed E-state index contributed by atoms with van der Waals surface area (Å²) in [5.41, 5.74) is 6.51. The third-order valence-corrected chi connectivity index (χ3v) is 3.84. The molecule has 1 aromatic carbocycles. The number of nitrogens with zero attached hydrogens (tertiary/aromatic N) is 1. The zero-order valence-corrected chi connectivity index (χ0v) is 12.4. The molecule has 0 spiro atoms. The van der Waals surface area contributed by atoms with Gasteiger partial charge in [0.25, 0.3) is 0 Å². The standard InChI is InChI=1S/C15H12ClFN2O3/c1-21-15(20)14-10(16)12(18)11(17)13(19-14)8-2-3-9-7(6-8)4-5-22-9/h2-3,6H,4-5H2,1H3,(H2,18,19). The molecule has 114 valence electrons. The minimum absolute atomic E-state index is 0.0444. The van der Waals surface area contributed by atoms with E-state index in [0.29, 0.717) is 12.2 Å². The Morgan fingerprint density at radius 1 is 1.50 bits per heavy atom. The van der Waals surface area contributed by atoms with Crippen LogP contribution in [0.15, 0.2) is 18.2 Å². The number of carbonyl (C=O) groups excluding carboxylic acids is 1. The zero-order valence-electron chi connectivity index (χ0n) is 11.7. The van der Waals surface area contributed by atoms with Crippen LogP contribution >= 0.6 is 11.6 Å². The number of methoxy groups -OCH3 is 1. The third-order valence-electron chi connectivity index (χ3n) is 3.45. The molecule has 0 bridgehead atoms. The first-order valence-corrected chi connectivity index (χ1v) is 6.89. The molecule has 0 fully saturated rings. The van der Waals surface area contributed by atoms with Gasteiger partial charge in [0, 0.05) is 12.0 Å². The van der Waals surface area contributed by atoms with Crippen LogP contribution in [0.1, 0.15) is 16.1 Å². The first-order chi connectivity index (χ1) is 10.5. The summed E-state index contributed by atoms with van der Waals surface area (Å²) in [6, 6.07) is 5.16. The van der Waals surface area contributed by atoms with Crippen LogP contribution in [0.5, 0.6) is 5.75 Å². The van der Waals surface area contributed by atoms with Crippen LogP contribution in [0.25, 0.3) is 11.3 Å². The Labute approximate surface area is 130 Å². The number of ether oxygens (including phenoxy) is 2. The van der Waals surface area contributed by atoms with E-state index in [0.717, 1.165) is 17.7 Å². The van der Waals surface area contributed by atoms with Gasteiger partial charge in [-0.1, -0.05) is 11.6 Å². The molecule has 2 heterocycles. The fourth-order valence-electron chi connectivity index (χ4n) is 2.32. The molecule has 0 unspecified atom stereocenters. The lowest BCUT2D eigenvalue weighted by molar-refractivity contribution is 0.0594. The molecule has 0 amide bonds. The van der Waals surface area contributed by atoms with Gasteiger partial charge in [0.05, 0.1) is 24.4 Å². The van der Waals surface area contributed by atoms with Gasteiger partial charge in [-0.2, -0.15) is 0 Å². The molecule has 1 aliphatic rings. The number of anilines is 1. The Bertz CT molecular complexity index is 780. The molecule has 1 aromatic heterocycles. The van der Waals surface area contributed by atoms with Gasteiger partial charge in [-0.15, -0.1) is 0 Å². The molecule has 2 aromatic rings. The SMILES string of the molecule is COC(=O)c1nc(-c2ccc3c(c2)CCO3)c(F)c(N)c1Cl. The van der Waals surface area contributed by atoms with Crippen molar-refractivity contribution >= 4 is 23.3 Å². The summed E-state index contributed by atoms with van der Waals surface area (Å²) in [7, 11) is 1.19. The van der Waals surface area contributed by atoms with Crippen LogP contribution < -0.4 is 10.5 Å². The van der Waals surface area contributed by atoms with E-state index in [4.69, 9.17) is 22.1 Å². The van der Waals surface area contributed by atoms with E-state index >= 15 is 0 Å². The van der Waals surface area contributed by atoms with Gasteiger partial charge >= 0.3 is 5.97 Å². The van der Waals surface area contributed by atoms with Gasteiger partial charge in [-0.3, -0.25) is 0 Å². The highest BCUT2D eigenvalue weighted by Gasteiger charge is 2.23. The van der Waals surface area contributed by atoms with E-state index in [1.807, 2.05) is 0 Å². The van der Waals surface area contributed by atoms with Gasteiger partial charge in [-0.05, 0) is 23.8 Å². The van der Waals surface area contributed by atoms with Gasteiger partial charge < -0.3 is 15.2 Å². The normalized spacial score (nSPS) is 12.7. The minimum Gasteiger partial charge on any atom is -0.493 e. The maximum atomic E-state index is 14.4. The summed E-state index contributed by atoms with van der Waals surface area (Å²) in [4.78, 5) is 15.7. The van der Waals surface area contributed by atoms with E-state index in [1.165, 1.54) is 7.11 Å². The molecular formula is C15H12ClFN2O3. The highest BCUT2D eigenvalue weighted by molar-refractivity contribution is 6.35. The van der Waals surface area contributed by atoms with Crippen molar-refractivity contribution in [3.63, 3.8) is 0 Å². The lowest BCUT2D eigenvalue weighted by Crippen LogP contribution is -2.10. The van der Waals surface area contributed by atoms with Crippen LogP contribution in [-0.2, 0) is 11.2 Å². The molecule has 7 heteroatoms. The lowest BCUT2D eigenvalue weighted by Gasteiger charge is -2.11. The van der Waals surface area contributed by atoms with E-state index in [9.17, 15) is 9.18 Å². The van der Waals surface area contributed by atoms with Crippen LogP contribution in [-0.4, -0.2) is 24.7 Å². The summed E-state index contributed by atoms with van der Waals surface area (Å²) in [5, 5.41) is -0.252. The van der Waals surface area contributed by atoms with Gasteiger partial charge in [0.15, 0.2) is 11.5 Å². The maximum Gasteiger partial charge on any atom is 0.358 e. The van der Waals surface area contributed by atoms with E-state index in [2.05, 4.69) is 9.72 Å². The first-order valence-electron chi connectivity index (χ1n) is 6.51. The second-order valence-corrected chi connectivity index (χ2v) is 5.14. The molecule has 0 aliphatic carbocycles. The number of pyridine rings is 1. The van der Waals surface area contributed by atoms with Gasteiger partial charge in [0.1, 0.15) is 11.4 Å². The van der Waals surface area contributed by atoms with Crippen molar-refractivity contribution in [1.82, 2.24) is 4.98 Å². The smallest absolute Gasteiger partial charge is 0.358 e. The fraction of sp³-hybridized carbons (Fsp3) is 0.200.